The average molecular weight is 476 g/mol. The highest BCUT2D eigenvalue weighted by atomic mass is 35.5. The average Bonchev–Trinajstić information content (AvgIpc) is 2.86. The van der Waals surface area contributed by atoms with Gasteiger partial charge in [-0.05, 0) is 37.1 Å². The number of rotatable bonds is 4. The normalized spacial score (nSPS) is 14.1. The predicted molar refractivity (Wildman–Crippen MR) is 131 cm³/mol. The van der Waals surface area contributed by atoms with Crippen molar-refractivity contribution < 1.29 is 8.78 Å². The molecular formula is C26H20ClF2N5. The number of para-hydroxylation sites is 1. The summed E-state index contributed by atoms with van der Waals surface area (Å²) in [5, 5.41) is 0.612. The van der Waals surface area contributed by atoms with Gasteiger partial charge in [-0.1, -0.05) is 48.0 Å². The van der Waals surface area contributed by atoms with Crippen molar-refractivity contribution in [2.24, 2.45) is 9.98 Å². The van der Waals surface area contributed by atoms with Crippen LogP contribution in [0.4, 0.5) is 20.3 Å². The molecule has 0 spiro atoms. The molecule has 1 aliphatic heterocycles. The molecule has 1 aromatic heterocycles. The van der Waals surface area contributed by atoms with Gasteiger partial charge in [-0.15, -0.1) is 0 Å². The molecule has 0 bridgehead atoms. The van der Waals surface area contributed by atoms with Crippen molar-refractivity contribution in [2.75, 3.05) is 18.0 Å². The first kappa shape index (κ1) is 22.1. The van der Waals surface area contributed by atoms with E-state index in [0.717, 1.165) is 18.5 Å². The second kappa shape index (κ2) is 9.67. The summed E-state index contributed by atoms with van der Waals surface area (Å²) in [7, 11) is 0. The molecule has 3 aromatic carbocycles. The molecule has 0 amide bonds. The molecule has 0 unspecified atom stereocenters. The first-order valence-electron chi connectivity index (χ1n) is 10.9. The van der Waals surface area contributed by atoms with Crippen LogP contribution in [0.5, 0.6) is 0 Å². The number of halogens is 3. The maximum Gasteiger partial charge on any atom is 0.159 e. The second-order valence-corrected chi connectivity index (χ2v) is 8.42. The minimum absolute atomic E-state index is 0.00247. The van der Waals surface area contributed by atoms with Crippen molar-refractivity contribution in [3.63, 3.8) is 0 Å². The van der Waals surface area contributed by atoms with Crippen LogP contribution in [0.2, 0.25) is 5.02 Å². The van der Waals surface area contributed by atoms with E-state index in [4.69, 9.17) is 11.6 Å². The molecule has 0 N–H and O–H groups in total. The van der Waals surface area contributed by atoms with E-state index < -0.39 is 11.6 Å². The Balaban J connectivity index is 1.40. The van der Waals surface area contributed by atoms with Crippen molar-refractivity contribution in [1.29, 1.82) is 0 Å². The Morgan fingerprint density at radius 2 is 1.71 bits per heavy atom. The molecular weight excluding hydrogens is 456 g/mol. The maximum atomic E-state index is 15.5. The smallest absolute Gasteiger partial charge is 0.159 e. The summed E-state index contributed by atoms with van der Waals surface area (Å²) < 4.78 is 29.8. The number of aliphatic imine (C=N–C) groups is 2. The van der Waals surface area contributed by atoms with Crippen LogP contribution in [0.3, 0.4) is 0 Å². The number of benzene rings is 3. The third-order valence-electron chi connectivity index (χ3n) is 5.88. The number of piperidine rings is 1. The van der Waals surface area contributed by atoms with Crippen LogP contribution < -0.4 is 4.90 Å². The van der Waals surface area contributed by atoms with Gasteiger partial charge in [-0.3, -0.25) is 0 Å². The second-order valence-electron chi connectivity index (χ2n) is 8.02. The predicted octanol–water partition coefficient (Wildman–Crippen LogP) is 6.70. The van der Waals surface area contributed by atoms with E-state index >= 15 is 4.39 Å². The summed E-state index contributed by atoms with van der Waals surface area (Å²) in [4.78, 5) is 19.3. The molecule has 2 heterocycles. The van der Waals surface area contributed by atoms with Crippen LogP contribution in [0.15, 0.2) is 77.0 Å². The van der Waals surface area contributed by atoms with Gasteiger partial charge in [0, 0.05) is 29.6 Å². The number of hydrogen-bond acceptors (Lipinski definition) is 5. The van der Waals surface area contributed by atoms with Gasteiger partial charge in [0.05, 0.1) is 22.8 Å². The highest BCUT2D eigenvalue weighted by Gasteiger charge is 2.24. The molecule has 0 atom stereocenters. The number of nitrogens with zero attached hydrogens (tertiary/aromatic N) is 5. The zero-order chi connectivity index (χ0) is 23.5. The fourth-order valence-corrected chi connectivity index (χ4v) is 4.45. The molecule has 0 radical (unpaired) electrons. The van der Waals surface area contributed by atoms with E-state index in [1.165, 1.54) is 18.5 Å². The molecule has 5 rings (SSSR count). The van der Waals surface area contributed by atoms with Gasteiger partial charge in [-0.25, -0.2) is 23.7 Å². The maximum absolute atomic E-state index is 15.5. The molecule has 0 saturated carbocycles. The van der Waals surface area contributed by atoms with E-state index in [1.807, 2.05) is 30.3 Å². The molecule has 5 nitrogen and oxygen atoms in total. The molecule has 8 heteroatoms. The van der Waals surface area contributed by atoms with Crippen LogP contribution in [-0.2, 0) is 0 Å². The van der Waals surface area contributed by atoms with Gasteiger partial charge in [0.15, 0.2) is 5.82 Å². The van der Waals surface area contributed by atoms with Gasteiger partial charge in [0.25, 0.3) is 0 Å². The minimum atomic E-state index is -0.659. The van der Waals surface area contributed by atoms with Crippen LogP contribution >= 0.6 is 11.6 Å². The Morgan fingerprint density at radius 1 is 0.971 bits per heavy atom. The molecule has 1 aliphatic rings. The number of fused-ring (bicyclic) bond motifs is 1. The molecule has 1 saturated heterocycles. The lowest BCUT2D eigenvalue weighted by Crippen LogP contribution is -2.36. The first-order valence-corrected chi connectivity index (χ1v) is 11.3. The Hall–Kier alpha value is -3.67. The lowest BCUT2D eigenvalue weighted by atomic mass is 10.0. The van der Waals surface area contributed by atoms with E-state index in [0.29, 0.717) is 24.3 Å². The SMILES string of the molecule is Fc1ccccc1-c1c(Cl)cc2c(N3CCC(N=C=Nc4ccccc4)CC3)ncnc2c1F. The Bertz CT molecular complexity index is 1400. The third-order valence-corrected chi connectivity index (χ3v) is 6.18. The molecule has 0 aliphatic carbocycles. The zero-order valence-electron chi connectivity index (χ0n) is 18.1. The lowest BCUT2D eigenvalue weighted by molar-refractivity contribution is 0.503. The number of anilines is 1. The number of aromatic nitrogens is 2. The largest absolute Gasteiger partial charge is 0.356 e. The summed E-state index contributed by atoms with van der Waals surface area (Å²) in [6.45, 7) is 1.36. The topological polar surface area (TPSA) is 53.7 Å². The van der Waals surface area contributed by atoms with Crippen LogP contribution in [0, 0.1) is 11.6 Å². The van der Waals surface area contributed by atoms with Gasteiger partial charge in [-0.2, -0.15) is 4.99 Å². The van der Waals surface area contributed by atoms with E-state index in [-0.39, 0.29) is 27.7 Å². The molecule has 34 heavy (non-hydrogen) atoms. The number of hydrogen-bond donors (Lipinski definition) is 0. The first-order chi connectivity index (χ1) is 16.6. The van der Waals surface area contributed by atoms with Gasteiger partial charge < -0.3 is 4.90 Å². The van der Waals surface area contributed by atoms with Gasteiger partial charge in [0.2, 0.25) is 0 Å². The minimum Gasteiger partial charge on any atom is -0.356 e. The summed E-state index contributed by atoms with van der Waals surface area (Å²) in [5.74, 6) is -0.602. The molecule has 170 valence electrons. The highest BCUT2D eigenvalue weighted by Crippen LogP contribution is 2.38. The van der Waals surface area contributed by atoms with Gasteiger partial charge >= 0.3 is 0 Å². The monoisotopic (exact) mass is 475 g/mol. The van der Waals surface area contributed by atoms with Crippen LogP contribution in [0.1, 0.15) is 12.8 Å². The van der Waals surface area contributed by atoms with E-state index in [1.54, 1.807) is 18.2 Å². The Kier molecular flexibility index (Phi) is 6.30. The lowest BCUT2D eigenvalue weighted by Gasteiger charge is -2.31. The zero-order valence-corrected chi connectivity index (χ0v) is 18.9. The fraction of sp³-hybridized carbons (Fsp3) is 0.192. The summed E-state index contributed by atoms with van der Waals surface area (Å²) >= 11 is 6.44. The van der Waals surface area contributed by atoms with Crippen molar-refractivity contribution in [2.45, 2.75) is 18.9 Å². The third kappa shape index (κ3) is 4.40. The Morgan fingerprint density at radius 3 is 2.47 bits per heavy atom. The molecule has 4 aromatic rings. The van der Waals surface area contributed by atoms with Crippen molar-refractivity contribution in [1.82, 2.24) is 9.97 Å². The van der Waals surface area contributed by atoms with Crippen LogP contribution in [-0.4, -0.2) is 35.1 Å². The van der Waals surface area contributed by atoms with Crippen LogP contribution in [0.25, 0.3) is 22.0 Å². The quantitative estimate of drug-likeness (QED) is 0.308. The standard InChI is InChI=1S/C26H20ClF2N5/c27-21-14-20-25(24(29)23(21)19-8-4-5-9-22(19)28)32-16-33-26(20)34-12-10-18(11-13-34)31-15-30-17-6-2-1-3-7-17/h1-9,14,16,18H,10-13H2. The van der Waals surface area contributed by atoms with Crippen molar-refractivity contribution >= 4 is 40.0 Å². The van der Waals surface area contributed by atoms with Crippen molar-refractivity contribution in [3.05, 3.63) is 83.6 Å². The van der Waals surface area contributed by atoms with Gasteiger partial charge in [0.1, 0.15) is 23.5 Å². The van der Waals surface area contributed by atoms with E-state index in [2.05, 4.69) is 30.9 Å². The fourth-order valence-electron chi connectivity index (χ4n) is 4.16. The summed E-state index contributed by atoms with van der Waals surface area (Å²) in [6, 6.07) is 20.0. The summed E-state index contributed by atoms with van der Waals surface area (Å²) in [6.07, 6.45) is 2.90. The van der Waals surface area contributed by atoms with E-state index in [9.17, 15) is 4.39 Å². The molecule has 1 fully saturated rings. The highest BCUT2D eigenvalue weighted by molar-refractivity contribution is 6.34. The summed E-state index contributed by atoms with van der Waals surface area (Å²) in [5.41, 5.74) is 1.03. The Labute approximate surface area is 200 Å². The van der Waals surface area contributed by atoms with Crippen molar-refractivity contribution in [3.8, 4) is 11.1 Å².